The van der Waals surface area contributed by atoms with Gasteiger partial charge in [-0.15, -0.1) is 0 Å². The number of hydrogen-bond donors (Lipinski definition) is 2. The van der Waals surface area contributed by atoms with Gasteiger partial charge in [-0.05, 0) is 37.0 Å². The fourth-order valence-electron chi connectivity index (χ4n) is 3.65. The van der Waals surface area contributed by atoms with Crippen LogP contribution in [0.15, 0.2) is 18.2 Å². The van der Waals surface area contributed by atoms with Crippen molar-refractivity contribution < 1.29 is 14.6 Å². The highest BCUT2D eigenvalue weighted by Crippen LogP contribution is 2.40. The number of H-pyrrole nitrogens is 1. The minimum absolute atomic E-state index is 0.00134. The molecule has 6 nitrogen and oxygen atoms in total. The predicted molar refractivity (Wildman–Crippen MR) is 84.7 cm³/mol. The summed E-state index contributed by atoms with van der Waals surface area (Å²) in [4.78, 5) is 21.6. The maximum absolute atomic E-state index is 12.2. The van der Waals surface area contributed by atoms with E-state index in [1.807, 2.05) is 30.0 Å². The van der Waals surface area contributed by atoms with Crippen LogP contribution in [0.5, 0.6) is 0 Å². The zero-order chi connectivity index (χ0) is 16.0. The largest absolute Gasteiger partial charge is 0.393 e. The molecule has 2 heterocycles. The highest BCUT2D eigenvalue weighted by Gasteiger charge is 2.47. The molecule has 23 heavy (non-hydrogen) atoms. The normalized spacial score (nSPS) is 26.3. The lowest BCUT2D eigenvalue weighted by atomic mass is 9.74. The van der Waals surface area contributed by atoms with Crippen LogP contribution in [0.1, 0.15) is 17.8 Å². The van der Waals surface area contributed by atoms with E-state index in [1.165, 1.54) is 5.56 Å². The predicted octanol–water partition coefficient (Wildman–Crippen LogP) is 1.23. The van der Waals surface area contributed by atoms with Crippen LogP contribution in [0.2, 0.25) is 0 Å². The number of likely N-dealkylation sites (tertiary alicyclic amines) is 1. The van der Waals surface area contributed by atoms with Gasteiger partial charge >= 0.3 is 0 Å². The van der Waals surface area contributed by atoms with Gasteiger partial charge in [0.05, 0.1) is 17.1 Å². The number of rotatable bonds is 4. The van der Waals surface area contributed by atoms with Gasteiger partial charge < -0.3 is 19.7 Å². The van der Waals surface area contributed by atoms with E-state index >= 15 is 0 Å². The zero-order valence-electron chi connectivity index (χ0n) is 13.2. The number of amides is 1. The Bertz CT molecular complexity index is 742. The average molecular weight is 315 g/mol. The van der Waals surface area contributed by atoms with Crippen LogP contribution in [-0.2, 0) is 16.1 Å². The molecule has 1 aromatic carbocycles. The van der Waals surface area contributed by atoms with Gasteiger partial charge in [0, 0.05) is 19.0 Å². The van der Waals surface area contributed by atoms with Crippen molar-refractivity contribution in [2.45, 2.75) is 26.1 Å². The molecule has 1 aliphatic heterocycles. The Hall–Kier alpha value is -1.92. The zero-order valence-corrected chi connectivity index (χ0v) is 13.2. The summed E-state index contributed by atoms with van der Waals surface area (Å²) in [6.45, 7) is 3.81. The number of aliphatic hydroxyl groups is 1. The Morgan fingerprint density at radius 2 is 2.35 bits per heavy atom. The monoisotopic (exact) mass is 315 g/mol. The first-order valence-electron chi connectivity index (χ1n) is 8.09. The van der Waals surface area contributed by atoms with Gasteiger partial charge in [-0.2, -0.15) is 0 Å². The molecule has 0 unspecified atom stereocenters. The maximum atomic E-state index is 12.2. The summed E-state index contributed by atoms with van der Waals surface area (Å²) in [7, 11) is 0. The first-order chi connectivity index (χ1) is 11.1. The third kappa shape index (κ3) is 2.72. The van der Waals surface area contributed by atoms with Crippen molar-refractivity contribution in [3.8, 4) is 0 Å². The fraction of sp³-hybridized carbons (Fsp3) is 0.529. The number of aryl methyl sites for hydroxylation is 1. The van der Waals surface area contributed by atoms with Gasteiger partial charge in [-0.1, -0.05) is 6.07 Å². The molecule has 2 aliphatic rings. The van der Waals surface area contributed by atoms with E-state index in [-0.39, 0.29) is 24.5 Å². The molecule has 0 spiro atoms. The highest BCUT2D eigenvalue weighted by atomic mass is 16.5. The topological polar surface area (TPSA) is 78.4 Å². The molecular formula is C17H21N3O3. The number of aromatic amines is 1. The van der Waals surface area contributed by atoms with E-state index in [0.29, 0.717) is 19.1 Å². The number of fused-ring (bicyclic) bond motifs is 2. The van der Waals surface area contributed by atoms with E-state index in [4.69, 9.17) is 4.74 Å². The number of hydrogen-bond acceptors (Lipinski definition) is 4. The molecule has 2 N–H and O–H groups in total. The molecule has 3 atom stereocenters. The van der Waals surface area contributed by atoms with Gasteiger partial charge in [-0.25, -0.2) is 4.98 Å². The SMILES string of the molecule is Cc1ccc2nc(COCC(=O)N3C[C@H]4C[C@@H](O)[C@H]4C3)[nH]c2c1. The van der Waals surface area contributed by atoms with Crippen LogP contribution in [-0.4, -0.2) is 51.7 Å². The molecule has 2 aromatic rings. The number of nitrogens with one attached hydrogen (secondary N) is 1. The van der Waals surface area contributed by atoms with Gasteiger partial charge in [0.15, 0.2) is 0 Å². The Morgan fingerprint density at radius 3 is 3.13 bits per heavy atom. The summed E-state index contributed by atoms with van der Waals surface area (Å²) in [5.41, 5.74) is 3.07. The molecule has 4 rings (SSSR count). The first-order valence-corrected chi connectivity index (χ1v) is 8.09. The van der Waals surface area contributed by atoms with Gasteiger partial charge in [0.1, 0.15) is 19.0 Å². The highest BCUT2D eigenvalue weighted by molar-refractivity contribution is 5.78. The maximum Gasteiger partial charge on any atom is 0.248 e. The molecule has 2 fully saturated rings. The van der Waals surface area contributed by atoms with E-state index in [9.17, 15) is 9.90 Å². The molecule has 1 amide bonds. The molecule has 1 aliphatic carbocycles. The fourth-order valence-corrected chi connectivity index (χ4v) is 3.65. The number of benzene rings is 1. The van der Waals surface area contributed by atoms with Crippen LogP contribution >= 0.6 is 0 Å². The summed E-state index contributed by atoms with van der Waals surface area (Å²) in [5.74, 6) is 1.49. The minimum Gasteiger partial charge on any atom is -0.393 e. The quantitative estimate of drug-likeness (QED) is 0.889. The van der Waals surface area contributed by atoms with Crippen LogP contribution in [0, 0.1) is 18.8 Å². The third-order valence-corrected chi connectivity index (χ3v) is 5.03. The number of aliphatic hydroxyl groups excluding tert-OH is 1. The number of aromatic nitrogens is 2. The third-order valence-electron chi connectivity index (χ3n) is 5.03. The second-order valence-electron chi connectivity index (χ2n) is 6.72. The van der Waals surface area contributed by atoms with Crippen molar-refractivity contribution in [2.24, 2.45) is 11.8 Å². The van der Waals surface area contributed by atoms with Crippen LogP contribution in [0.25, 0.3) is 11.0 Å². The minimum atomic E-state index is -0.224. The molecule has 1 saturated carbocycles. The van der Waals surface area contributed by atoms with Crippen molar-refractivity contribution in [3.63, 3.8) is 0 Å². The van der Waals surface area contributed by atoms with E-state index in [2.05, 4.69) is 9.97 Å². The molecule has 1 aromatic heterocycles. The molecular weight excluding hydrogens is 294 g/mol. The number of carbonyl (C=O) groups excluding carboxylic acids is 1. The smallest absolute Gasteiger partial charge is 0.248 e. The number of nitrogens with zero attached hydrogens (tertiary/aromatic N) is 2. The summed E-state index contributed by atoms with van der Waals surface area (Å²) in [6.07, 6.45) is 0.603. The van der Waals surface area contributed by atoms with Crippen molar-refractivity contribution >= 4 is 16.9 Å². The summed E-state index contributed by atoms with van der Waals surface area (Å²) < 4.78 is 5.52. The second-order valence-corrected chi connectivity index (χ2v) is 6.72. The average Bonchev–Trinajstić information content (AvgIpc) is 3.07. The molecule has 0 bridgehead atoms. The molecule has 122 valence electrons. The van der Waals surface area contributed by atoms with E-state index in [1.54, 1.807) is 0 Å². The van der Waals surface area contributed by atoms with Gasteiger partial charge in [-0.3, -0.25) is 4.79 Å². The van der Waals surface area contributed by atoms with E-state index in [0.717, 1.165) is 29.8 Å². The summed E-state index contributed by atoms with van der Waals surface area (Å²) in [6, 6.07) is 6.04. The van der Waals surface area contributed by atoms with Crippen LogP contribution in [0.4, 0.5) is 0 Å². The van der Waals surface area contributed by atoms with Gasteiger partial charge in [0.25, 0.3) is 0 Å². The van der Waals surface area contributed by atoms with Gasteiger partial charge in [0.2, 0.25) is 5.91 Å². The van der Waals surface area contributed by atoms with Crippen molar-refractivity contribution in [1.82, 2.24) is 14.9 Å². The van der Waals surface area contributed by atoms with E-state index < -0.39 is 0 Å². The number of imidazole rings is 1. The molecule has 6 heteroatoms. The Morgan fingerprint density at radius 1 is 1.48 bits per heavy atom. The van der Waals surface area contributed by atoms with Crippen LogP contribution < -0.4 is 0 Å². The standard InChI is InChI=1S/C17H21N3O3/c1-10-2-3-13-14(4-10)19-16(18-13)8-23-9-17(22)20-6-11-5-15(21)12(11)7-20/h2-4,11-12,15,21H,5-9H2,1H3,(H,18,19)/t11-,12+,15-/m1/s1. The lowest BCUT2D eigenvalue weighted by molar-refractivity contribution is -0.135. The molecule has 1 saturated heterocycles. The lowest BCUT2D eigenvalue weighted by Gasteiger charge is -2.34. The Labute approximate surface area is 134 Å². The summed E-state index contributed by atoms with van der Waals surface area (Å²) in [5, 5.41) is 9.65. The van der Waals surface area contributed by atoms with Crippen molar-refractivity contribution in [1.29, 1.82) is 0 Å². The molecule has 0 radical (unpaired) electrons. The Balaban J connectivity index is 1.30. The van der Waals surface area contributed by atoms with Crippen molar-refractivity contribution in [3.05, 3.63) is 29.6 Å². The Kier molecular flexibility index (Phi) is 3.58. The second kappa shape index (κ2) is 5.62. The van der Waals surface area contributed by atoms with Crippen LogP contribution in [0.3, 0.4) is 0 Å². The lowest BCUT2D eigenvalue weighted by Crippen LogP contribution is -2.40. The first kappa shape index (κ1) is 14.7. The summed E-state index contributed by atoms with van der Waals surface area (Å²) >= 11 is 0. The number of carbonyl (C=O) groups is 1. The number of ether oxygens (including phenoxy) is 1. The van der Waals surface area contributed by atoms with Crippen molar-refractivity contribution in [2.75, 3.05) is 19.7 Å².